The number of hydrogen-bond acceptors (Lipinski definition) is 5. The summed E-state index contributed by atoms with van der Waals surface area (Å²) in [6.07, 6.45) is 2.80. The molecule has 0 spiro atoms. The van der Waals surface area contributed by atoms with Gasteiger partial charge in [-0.25, -0.2) is 4.39 Å². The fraction of sp³-hybridized carbons (Fsp3) is 0.172. The highest BCUT2D eigenvalue weighted by atomic mass is 32.2. The minimum Gasteiger partial charge on any atom is -0.508 e. The van der Waals surface area contributed by atoms with Crippen LogP contribution in [0.15, 0.2) is 91.3 Å². The van der Waals surface area contributed by atoms with Crippen LogP contribution in [0.1, 0.15) is 28.8 Å². The number of thioether (sulfide) groups is 1. The van der Waals surface area contributed by atoms with Crippen molar-refractivity contribution in [1.82, 2.24) is 4.98 Å². The van der Waals surface area contributed by atoms with Crippen LogP contribution in [-0.4, -0.2) is 32.1 Å². The maximum Gasteiger partial charge on any atom is 0.243 e. The zero-order valence-electron chi connectivity index (χ0n) is 19.6. The fourth-order valence-corrected chi connectivity index (χ4v) is 5.71. The van der Waals surface area contributed by atoms with E-state index in [1.807, 2.05) is 55.7 Å². The number of aromatic hydroxyl groups is 1. The van der Waals surface area contributed by atoms with Gasteiger partial charge in [0.15, 0.2) is 0 Å². The molecule has 3 atom stereocenters. The number of halogens is 1. The number of amides is 1. The van der Waals surface area contributed by atoms with E-state index in [9.17, 15) is 19.4 Å². The summed E-state index contributed by atoms with van der Waals surface area (Å²) < 4.78 is 13.2. The summed E-state index contributed by atoms with van der Waals surface area (Å²) >= 11 is 1.38. The number of rotatable bonds is 7. The van der Waals surface area contributed by atoms with E-state index in [4.69, 9.17) is 0 Å². The molecule has 1 amide bonds. The molecule has 1 aromatic heterocycles. The molecule has 182 valence electrons. The highest BCUT2D eigenvalue weighted by Crippen LogP contribution is 2.46. The highest BCUT2D eigenvalue weighted by molar-refractivity contribution is 8.00. The molecular weight excluding hydrogens is 475 g/mol. The molecule has 5 rings (SSSR count). The van der Waals surface area contributed by atoms with Gasteiger partial charge in [0.05, 0.1) is 12.1 Å². The standard InChI is InChI=1S/C29H25FN2O3S/c1-18-14-22(16-31-15-18)19-4-10-24(11-5-19)32-27(21-6-12-25(33)13-7-21)28(29(32)35)36-17-26(34)20-2-8-23(30)9-3-20/h2-16,26-28,33-34H,17H2,1H3/t26-,27-,28-/m1/s1. The largest absolute Gasteiger partial charge is 0.508 e. The van der Waals surface area contributed by atoms with Gasteiger partial charge in [0.2, 0.25) is 5.91 Å². The minimum atomic E-state index is -0.819. The van der Waals surface area contributed by atoms with Crippen LogP contribution in [0, 0.1) is 12.7 Å². The number of benzene rings is 3. The number of nitrogens with zero attached hydrogens (tertiary/aromatic N) is 2. The van der Waals surface area contributed by atoms with E-state index in [0.29, 0.717) is 11.3 Å². The number of phenols is 1. The van der Waals surface area contributed by atoms with Crippen molar-refractivity contribution >= 4 is 23.4 Å². The van der Waals surface area contributed by atoms with E-state index < -0.39 is 11.4 Å². The van der Waals surface area contributed by atoms with Crippen molar-refractivity contribution in [3.05, 3.63) is 114 Å². The molecule has 2 N–H and O–H groups in total. The SMILES string of the molecule is Cc1cncc(-c2ccc(N3C(=O)[C@H](SC[C@@H](O)c4ccc(F)cc4)[C@H]3c3ccc(O)cc3)cc2)c1. The molecule has 4 aromatic rings. The minimum absolute atomic E-state index is 0.0469. The van der Waals surface area contributed by atoms with Crippen LogP contribution in [0.3, 0.4) is 0 Å². The Kier molecular flexibility index (Phi) is 6.76. The Balaban J connectivity index is 1.37. The number of phenolic OH excluding ortho intramolecular Hbond substituents is 1. The van der Waals surface area contributed by atoms with Gasteiger partial charge in [-0.05, 0) is 71.6 Å². The normalized spacial score (nSPS) is 18.1. The number of anilines is 1. The molecule has 0 radical (unpaired) electrons. The van der Waals surface area contributed by atoms with Crippen LogP contribution in [-0.2, 0) is 4.79 Å². The first-order chi connectivity index (χ1) is 17.4. The Morgan fingerprint density at radius 1 is 0.972 bits per heavy atom. The maximum atomic E-state index is 13.3. The van der Waals surface area contributed by atoms with Gasteiger partial charge in [-0.1, -0.05) is 36.4 Å². The van der Waals surface area contributed by atoms with Crippen LogP contribution in [0.2, 0.25) is 0 Å². The number of aliphatic hydroxyl groups is 1. The molecule has 5 nitrogen and oxygen atoms in total. The zero-order chi connectivity index (χ0) is 25.2. The predicted molar refractivity (Wildman–Crippen MR) is 140 cm³/mol. The number of aliphatic hydroxyl groups excluding tert-OH is 1. The number of aryl methyl sites for hydroxylation is 1. The monoisotopic (exact) mass is 500 g/mol. The second-order valence-electron chi connectivity index (χ2n) is 8.86. The molecule has 0 aliphatic carbocycles. The predicted octanol–water partition coefficient (Wildman–Crippen LogP) is 5.83. The van der Waals surface area contributed by atoms with Crippen molar-refractivity contribution in [1.29, 1.82) is 0 Å². The third kappa shape index (κ3) is 4.85. The topological polar surface area (TPSA) is 73.7 Å². The number of aromatic nitrogens is 1. The first-order valence-electron chi connectivity index (χ1n) is 11.6. The van der Waals surface area contributed by atoms with Crippen LogP contribution >= 0.6 is 11.8 Å². The Bertz CT molecular complexity index is 1360. The molecule has 0 saturated carbocycles. The van der Waals surface area contributed by atoms with Gasteiger partial charge in [0.25, 0.3) is 0 Å². The second-order valence-corrected chi connectivity index (χ2v) is 10.0. The molecule has 2 heterocycles. The summed E-state index contributed by atoms with van der Waals surface area (Å²) in [4.78, 5) is 19.3. The van der Waals surface area contributed by atoms with E-state index in [-0.39, 0.29) is 23.5 Å². The number of hydrogen-bond donors (Lipinski definition) is 2. The molecule has 0 bridgehead atoms. The van der Waals surface area contributed by atoms with Crippen molar-refractivity contribution in [2.75, 3.05) is 10.7 Å². The smallest absolute Gasteiger partial charge is 0.243 e. The molecular formula is C29H25FN2O3S. The third-order valence-electron chi connectivity index (χ3n) is 6.32. The zero-order valence-corrected chi connectivity index (χ0v) is 20.4. The van der Waals surface area contributed by atoms with Gasteiger partial charge in [-0.3, -0.25) is 9.78 Å². The van der Waals surface area contributed by atoms with Gasteiger partial charge in [-0.15, -0.1) is 11.8 Å². The lowest BCUT2D eigenvalue weighted by atomic mass is 9.92. The Morgan fingerprint density at radius 2 is 1.67 bits per heavy atom. The van der Waals surface area contributed by atoms with Gasteiger partial charge < -0.3 is 15.1 Å². The first kappa shape index (κ1) is 24.0. The Hall–Kier alpha value is -3.68. The van der Waals surface area contributed by atoms with Crippen molar-refractivity contribution in [3.63, 3.8) is 0 Å². The summed E-state index contributed by atoms with van der Waals surface area (Å²) in [5.74, 6) is 0.0434. The lowest BCUT2D eigenvalue weighted by molar-refractivity contribution is -0.123. The molecule has 1 saturated heterocycles. The molecule has 1 aliphatic rings. The maximum absolute atomic E-state index is 13.3. The summed E-state index contributed by atoms with van der Waals surface area (Å²) in [5.41, 5.74) is 5.37. The van der Waals surface area contributed by atoms with Crippen molar-refractivity contribution in [2.24, 2.45) is 0 Å². The third-order valence-corrected chi connectivity index (χ3v) is 7.65. The number of carbonyl (C=O) groups excluding carboxylic acids is 1. The average Bonchev–Trinajstić information content (AvgIpc) is 2.88. The second kappa shape index (κ2) is 10.1. The van der Waals surface area contributed by atoms with Crippen molar-refractivity contribution < 1.29 is 19.4 Å². The highest BCUT2D eigenvalue weighted by Gasteiger charge is 2.49. The fourth-order valence-electron chi connectivity index (χ4n) is 4.41. The van der Waals surface area contributed by atoms with E-state index in [1.165, 1.54) is 23.9 Å². The van der Waals surface area contributed by atoms with Crippen molar-refractivity contribution in [3.8, 4) is 16.9 Å². The van der Waals surface area contributed by atoms with Gasteiger partial charge in [0, 0.05) is 29.4 Å². The first-order valence-corrected chi connectivity index (χ1v) is 12.6. The van der Waals surface area contributed by atoms with Gasteiger partial charge in [0.1, 0.15) is 16.8 Å². The molecule has 7 heteroatoms. The van der Waals surface area contributed by atoms with E-state index in [2.05, 4.69) is 11.1 Å². The van der Waals surface area contributed by atoms with Crippen LogP contribution < -0.4 is 4.90 Å². The average molecular weight is 501 g/mol. The number of carbonyl (C=O) groups is 1. The summed E-state index contributed by atoms with van der Waals surface area (Å²) in [7, 11) is 0. The molecule has 3 aromatic carbocycles. The van der Waals surface area contributed by atoms with Gasteiger partial charge >= 0.3 is 0 Å². The van der Waals surface area contributed by atoms with Gasteiger partial charge in [-0.2, -0.15) is 0 Å². The number of β-lactam (4-membered cyclic amide) rings is 1. The lowest BCUT2D eigenvalue weighted by Gasteiger charge is -2.47. The van der Waals surface area contributed by atoms with E-state index in [0.717, 1.165) is 27.9 Å². The van der Waals surface area contributed by atoms with Crippen LogP contribution in [0.4, 0.5) is 10.1 Å². The Morgan fingerprint density at radius 3 is 2.33 bits per heavy atom. The molecule has 1 aliphatic heterocycles. The van der Waals surface area contributed by atoms with E-state index in [1.54, 1.807) is 29.2 Å². The molecule has 0 unspecified atom stereocenters. The van der Waals surface area contributed by atoms with E-state index >= 15 is 0 Å². The lowest BCUT2D eigenvalue weighted by Crippen LogP contribution is -2.57. The summed E-state index contributed by atoms with van der Waals surface area (Å²) in [5, 5.41) is 20.0. The Labute approximate surface area is 213 Å². The van der Waals surface area contributed by atoms with Crippen molar-refractivity contribution in [2.45, 2.75) is 24.3 Å². The van der Waals surface area contributed by atoms with Crippen LogP contribution in [0.25, 0.3) is 11.1 Å². The van der Waals surface area contributed by atoms with Crippen LogP contribution in [0.5, 0.6) is 5.75 Å². The molecule has 36 heavy (non-hydrogen) atoms. The molecule has 1 fully saturated rings. The summed E-state index contributed by atoms with van der Waals surface area (Å²) in [6, 6.07) is 22.2. The summed E-state index contributed by atoms with van der Waals surface area (Å²) in [6.45, 7) is 2.00. The number of pyridine rings is 1. The quantitative estimate of drug-likeness (QED) is 0.313.